The summed E-state index contributed by atoms with van der Waals surface area (Å²) < 4.78 is 11.0. The maximum absolute atomic E-state index is 12.5. The highest BCUT2D eigenvalue weighted by atomic mass is 16.6. The molecule has 1 aliphatic rings. The molecule has 7 heteroatoms. The number of ether oxygens (including phenoxy) is 2. The van der Waals surface area contributed by atoms with Gasteiger partial charge in [0, 0.05) is 17.4 Å². The van der Waals surface area contributed by atoms with E-state index in [1.807, 2.05) is 0 Å². The predicted octanol–water partition coefficient (Wildman–Crippen LogP) is 1.61. The molecule has 0 saturated carbocycles. The lowest BCUT2D eigenvalue weighted by Gasteiger charge is -2.19. The van der Waals surface area contributed by atoms with Crippen molar-refractivity contribution in [3.8, 4) is 11.5 Å². The van der Waals surface area contributed by atoms with Crippen molar-refractivity contribution in [1.82, 2.24) is 0 Å². The highest BCUT2D eigenvalue weighted by Gasteiger charge is 2.15. The summed E-state index contributed by atoms with van der Waals surface area (Å²) >= 11 is 0. The van der Waals surface area contributed by atoms with E-state index < -0.39 is 5.91 Å². The number of amides is 2. The lowest BCUT2D eigenvalue weighted by Crippen LogP contribution is -2.23. The smallest absolute Gasteiger partial charge is 0.257 e. The minimum absolute atomic E-state index is 0.0473. The molecule has 0 spiro atoms. The number of hydrogen-bond donors (Lipinski definition) is 3. The molecule has 0 aliphatic carbocycles. The average molecular weight is 327 g/mol. The summed E-state index contributed by atoms with van der Waals surface area (Å²) in [7, 11) is 0. The first-order valence-electron chi connectivity index (χ1n) is 7.46. The van der Waals surface area contributed by atoms with Gasteiger partial charge in [-0.05, 0) is 24.3 Å². The highest BCUT2D eigenvalue weighted by Crippen LogP contribution is 2.32. The van der Waals surface area contributed by atoms with E-state index in [0.717, 1.165) is 0 Å². The molecule has 2 aromatic rings. The normalized spacial score (nSPS) is 12.3. The SMILES string of the molecule is NC(=O)CNc1ccccc1C(=O)Nc1ccc2c(c1)OCCO2. The molecule has 3 rings (SSSR count). The van der Waals surface area contributed by atoms with E-state index in [0.29, 0.717) is 41.7 Å². The molecule has 0 unspecified atom stereocenters. The fourth-order valence-corrected chi connectivity index (χ4v) is 2.34. The molecule has 0 bridgehead atoms. The van der Waals surface area contributed by atoms with Crippen LogP contribution in [0.4, 0.5) is 11.4 Å². The number of nitrogens with two attached hydrogens (primary N) is 1. The van der Waals surface area contributed by atoms with Crippen molar-refractivity contribution in [1.29, 1.82) is 0 Å². The summed E-state index contributed by atoms with van der Waals surface area (Å²) in [6.07, 6.45) is 0. The van der Waals surface area contributed by atoms with Crippen molar-refractivity contribution in [3.63, 3.8) is 0 Å². The van der Waals surface area contributed by atoms with Crippen LogP contribution < -0.4 is 25.8 Å². The zero-order chi connectivity index (χ0) is 16.9. The summed E-state index contributed by atoms with van der Waals surface area (Å²) in [6.45, 7) is 0.941. The van der Waals surface area contributed by atoms with Gasteiger partial charge >= 0.3 is 0 Å². The Morgan fingerprint density at radius 1 is 1.04 bits per heavy atom. The number of rotatable bonds is 5. The van der Waals surface area contributed by atoms with Gasteiger partial charge in [0.05, 0.1) is 12.1 Å². The van der Waals surface area contributed by atoms with E-state index >= 15 is 0 Å². The van der Waals surface area contributed by atoms with Gasteiger partial charge in [0.1, 0.15) is 13.2 Å². The van der Waals surface area contributed by atoms with Crippen LogP contribution in [0.15, 0.2) is 42.5 Å². The molecule has 1 heterocycles. The van der Waals surface area contributed by atoms with Crippen LogP contribution in [0.5, 0.6) is 11.5 Å². The summed E-state index contributed by atoms with van der Waals surface area (Å²) in [5.74, 6) is 0.443. The molecule has 0 aromatic heterocycles. The van der Waals surface area contributed by atoms with Crippen molar-refractivity contribution in [3.05, 3.63) is 48.0 Å². The Labute approximate surface area is 138 Å². The molecule has 124 valence electrons. The number of carbonyl (C=O) groups is 2. The van der Waals surface area contributed by atoms with Gasteiger partial charge < -0.3 is 25.8 Å². The second-order valence-electron chi connectivity index (χ2n) is 5.18. The van der Waals surface area contributed by atoms with Gasteiger partial charge in [0.25, 0.3) is 5.91 Å². The van der Waals surface area contributed by atoms with E-state index in [1.54, 1.807) is 42.5 Å². The van der Waals surface area contributed by atoms with Crippen molar-refractivity contribution in [2.24, 2.45) is 5.73 Å². The van der Waals surface area contributed by atoms with Crippen molar-refractivity contribution in [2.45, 2.75) is 0 Å². The summed E-state index contributed by atoms with van der Waals surface area (Å²) in [5, 5.41) is 5.65. The Hall–Kier alpha value is -3.22. The van der Waals surface area contributed by atoms with Crippen LogP contribution in [-0.2, 0) is 4.79 Å². The molecule has 0 radical (unpaired) electrons. The van der Waals surface area contributed by atoms with E-state index in [9.17, 15) is 9.59 Å². The predicted molar refractivity (Wildman–Crippen MR) is 89.5 cm³/mol. The molecule has 2 amide bonds. The quantitative estimate of drug-likeness (QED) is 0.774. The van der Waals surface area contributed by atoms with Gasteiger partial charge in [-0.2, -0.15) is 0 Å². The van der Waals surface area contributed by atoms with Gasteiger partial charge in [0.2, 0.25) is 5.91 Å². The van der Waals surface area contributed by atoms with Crippen LogP contribution in [0.3, 0.4) is 0 Å². The largest absolute Gasteiger partial charge is 0.486 e. The van der Waals surface area contributed by atoms with E-state index in [4.69, 9.17) is 15.2 Å². The summed E-state index contributed by atoms with van der Waals surface area (Å²) in [4.78, 5) is 23.4. The molecule has 2 aromatic carbocycles. The van der Waals surface area contributed by atoms with Gasteiger partial charge in [-0.1, -0.05) is 12.1 Å². The third kappa shape index (κ3) is 3.57. The Balaban J connectivity index is 1.76. The first-order chi connectivity index (χ1) is 11.6. The third-order valence-corrected chi connectivity index (χ3v) is 3.42. The molecule has 1 aliphatic heterocycles. The van der Waals surface area contributed by atoms with E-state index in [1.165, 1.54) is 0 Å². The standard InChI is InChI=1S/C17H17N3O4/c18-16(21)10-19-13-4-2-1-3-12(13)17(22)20-11-5-6-14-15(9-11)24-8-7-23-14/h1-6,9,19H,7-8,10H2,(H2,18,21)(H,20,22). The van der Waals surface area contributed by atoms with Crippen LogP contribution in [0.2, 0.25) is 0 Å². The summed E-state index contributed by atoms with van der Waals surface area (Å²) in [6, 6.07) is 12.1. The Morgan fingerprint density at radius 3 is 2.58 bits per heavy atom. The number of fused-ring (bicyclic) bond motifs is 1. The zero-order valence-electron chi connectivity index (χ0n) is 12.9. The maximum atomic E-state index is 12.5. The van der Waals surface area contributed by atoms with Crippen LogP contribution in [0.1, 0.15) is 10.4 Å². The number of primary amides is 1. The minimum atomic E-state index is -0.503. The summed E-state index contributed by atoms with van der Waals surface area (Å²) in [5.41, 5.74) is 6.66. The van der Waals surface area contributed by atoms with Crippen LogP contribution >= 0.6 is 0 Å². The van der Waals surface area contributed by atoms with Gasteiger partial charge in [-0.25, -0.2) is 0 Å². The number of benzene rings is 2. The maximum Gasteiger partial charge on any atom is 0.257 e. The van der Waals surface area contributed by atoms with Crippen molar-refractivity contribution < 1.29 is 19.1 Å². The molecule has 0 fully saturated rings. The lowest BCUT2D eigenvalue weighted by atomic mass is 10.1. The molecule has 24 heavy (non-hydrogen) atoms. The Morgan fingerprint density at radius 2 is 1.79 bits per heavy atom. The van der Waals surface area contributed by atoms with Gasteiger partial charge in [-0.15, -0.1) is 0 Å². The van der Waals surface area contributed by atoms with E-state index in [-0.39, 0.29) is 12.5 Å². The van der Waals surface area contributed by atoms with Crippen molar-refractivity contribution in [2.75, 3.05) is 30.4 Å². The zero-order valence-corrected chi connectivity index (χ0v) is 12.9. The van der Waals surface area contributed by atoms with Crippen LogP contribution in [0.25, 0.3) is 0 Å². The third-order valence-electron chi connectivity index (χ3n) is 3.42. The lowest BCUT2D eigenvalue weighted by molar-refractivity contribution is -0.116. The second-order valence-corrected chi connectivity index (χ2v) is 5.18. The molecular weight excluding hydrogens is 310 g/mol. The molecule has 0 atom stereocenters. The highest BCUT2D eigenvalue weighted by molar-refractivity contribution is 6.08. The second kappa shape index (κ2) is 6.91. The van der Waals surface area contributed by atoms with Gasteiger partial charge in [-0.3, -0.25) is 9.59 Å². The molecular formula is C17H17N3O4. The number of nitrogens with one attached hydrogen (secondary N) is 2. The van der Waals surface area contributed by atoms with E-state index in [2.05, 4.69) is 10.6 Å². The molecule has 4 N–H and O–H groups in total. The number of hydrogen-bond acceptors (Lipinski definition) is 5. The number of anilines is 2. The number of para-hydroxylation sites is 1. The van der Waals surface area contributed by atoms with Crippen molar-refractivity contribution >= 4 is 23.2 Å². The van der Waals surface area contributed by atoms with Crippen LogP contribution in [-0.4, -0.2) is 31.6 Å². The first-order valence-corrected chi connectivity index (χ1v) is 7.46. The monoisotopic (exact) mass is 327 g/mol. The Kier molecular flexibility index (Phi) is 4.51. The topological polar surface area (TPSA) is 103 Å². The minimum Gasteiger partial charge on any atom is -0.486 e. The van der Waals surface area contributed by atoms with Gasteiger partial charge in [0.15, 0.2) is 11.5 Å². The Bertz CT molecular complexity index is 776. The fourth-order valence-electron chi connectivity index (χ4n) is 2.34. The fraction of sp³-hybridized carbons (Fsp3) is 0.176. The molecule has 0 saturated heterocycles. The number of carbonyl (C=O) groups excluding carboxylic acids is 2. The first kappa shape index (κ1) is 15.7. The van der Waals surface area contributed by atoms with Crippen LogP contribution in [0, 0.1) is 0 Å². The molecule has 7 nitrogen and oxygen atoms in total. The average Bonchev–Trinajstić information content (AvgIpc) is 2.60.